The van der Waals surface area contributed by atoms with Gasteiger partial charge in [-0.05, 0) is 24.1 Å². The lowest BCUT2D eigenvalue weighted by atomic mass is 9.90. The monoisotopic (exact) mass is 289 g/mol. The van der Waals surface area contributed by atoms with Gasteiger partial charge in [0, 0.05) is 12.5 Å². The molecule has 0 saturated carbocycles. The summed E-state index contributed by atoms with van der Waals surface area (Å²) in [6.45, 7) is 2.55. The molecule has 0 aliphatic rings. The fourth-order valence-electron chi connectivity index (χ4n) is 2.06. The van der Waals surface area contributed by atoms with Crippen molar-refractivity contribution in [3.05, 3.63) is 33.8 Å². The molecular weight excluding hydrogens is 269 g/mol. The fourth-order valence-corrected chi connectivity index (χ4v) is 2.37. The van der Waals surface area contributed by atoms with Crippen LogP contribution >= 0.6 is 23.2 Å². The number of hydrogen-bond acceptors (Lipinski definition) is 2. The second kappa shape index (κ2) is 8.00. The van der Waals surface area contributed by atoms with E-state index >= 15 is 0 Å². The van der Waals surface area contributed by atoms with Crippen LogP contribution < -0.4 is 5.73 Å². The zero-order chi connectivity index (χ0) is 13.5. The molecule has 3 N–H and O–H groups in total. The molecule has 1 aromatic carbocycles. The van der Waals surface area contributed by atoms with Gasteiger partial charge >= 0.3 is 0 Å². The standard InChI is InChI=1S/C14H21Cl2NO/c1-2-3-4-5-14(18)11(9-17)10-6-7-12(15)13(16)8-10/h6-8,11,14,18H,2-5,9,17H2,1H3. The summed E-state index contributed by atoms with van der Waals surface area (Å²) in [5.74, 6) is -0.0726. The highest BCUT2D eigenvalue weighted by Crippen LogP contribution is 2.29. The predicted octanol–water partition coefficient (Wildman–Crippen LogP) is 3.98. The maximum Gasteiger partial charge on any atom is 0.0620 e. The van der Waals surface area contributed by atoms with E-state index in [1.807, 2.05) is 6.07 Å². The van der Waals surface area contributed by atoms with Crippen molar-refractivity contribution in [1.82, 2.24) is 0 Å². The number of unbranched alkanes of at least 4 members (excludes halogenated alkanes) is 2. The van der Waals surface area contributed by atoms with E-state index in [0.717, 1.165) is 31.2 Å². The second-order valence-corrected chi connectivity index (χ2v) is 5.39. The van der Waals surface area contributed by atoms with Crippen molar-refractivity contribution < 1.29 is 5.11 Å². The van der Waals surface area contributed by atoms with Crippen LogP contribution in [0.15, 0.2) is 18.2 Å². The molecule has 0 heterocycles. The van der Waals surface area contributed by atoms with Gasteiger partial charge in [0.05, 0.1) is 16.1 Å². The molecule has 0 bridgehead atoms. The molecule has 0 radical (unpaired) electrons. The fraction of sp³-hybridized carbons (Fsp3) is 0.571. The lowest BCUT2D eigenvalue weighted by Crippen LogP contribution is -2.25. The van der Waals surface area contributed by atoms with E-state index in [9.17, 15) is 5.11 Å². The summed E-state index contributed by atoms with van der Waals surface area (Å²) in [6.07, 6.45) is 3.66. The van der Waals surface area contributed by atoms with Gasteiger partial charge in [0.25, 0.3) is 0 Å². The first-order valence-corrected chi connectivity index (χ1v) is 7.18. The van der Waals surface area contributed by atoms with Gasteiger partial charge in [-0.1, -0.05) is 55.5 Å². The van der Waals surface area contributed by atoms with Crippen LogP contribution in [0.2, 0.25) is 10.0 Å². The molecule has 18 heavy (non-hydrogen) atoms. The number of aliphatic hydroxyl groups is 1. The number of benzene rings is 1. The Labute approximate surface area is 119 Å². The van der Waals surface area contributed by atoms with Crippen molar-refractivity contribution in [2.45, 2.75) is 44.6 Å². The van der Waals surface area contributed by atoms with Gasteiger partial charge in [0.15, 0.2) is 0 Å². The zero-order valence-corrected chi connectivity index (χ0v) is 12.2. The summed E-state index contributed by atoms with van der Waals surface area (Å²) in [5.41, 5.74) is 6.72. The molecule has 102 valence electrons. The average Bonchev–Trinajstić information content (AvgIpc) is 2.35. The maximum atomic E-state index is 10.2. The molecule has 0 spiro atoms. The summed E-state index contributed by atoms with van der Waals surface area (Å²) in [6, 6.07) is 5.43. The summed E-state index contributed by atoms with van der Waals surface area (Å²) in [7, 11) is 0. The summed E-state index contributed by atoms with van der Waals surface area (Å²) < 4.78 is 0. The van der Waals surface area contributed by atoms with E-state index in [2.05, 4.69) is 6.92 Å². The average molecular weight is 290 g/mol. The first-order valence-electron chi connectivity index (χ1n) is 6.43. The van der Waals surface area contributed by atoms with Gasteiger partial charge in [-0.3, -0.25) is 0 Å². The van der Waals surface area contributed by atoms with E-state index < -0.39 is 6.10 Å². The highest BCUT2D eigenvalue weighted by molar-refractivity contribution is 6.42. The zero-order valence-electron chi connectivity index (χ0n) is 10.7. The molecule has 0 aliphatic carbocycles. The summed E-state index contributed by atoms with van der Waals surface area (Å²) in [5, 5.41) is 11.2. The Bertz CT molecular complexity index is 371. The van der Waals surface area contributed by atoms with Crippen LogP contribution in [-0.2, 0) is 0 Å². The van der Waals surface area contributed by atoms with Crippen LogP contribution in [0.1, 0.15) is 44.1 Å². The molecule has 4 heteroatoms. The maximum absolute atomic E-state index is 10.2. The van der Waals surface area contributed by atoms with Crippen LogP contribution in [0.25, 0.3) is 0 Å². The van der Waals surface area contributed by atoms with Crippen molar-refractivity contribution in [2.24, 2.45) is 5.73 Å². The van der Waals surface area contributed by atoms with Gasteiger partial charge in [0.1, 0.15) is 0 Å². The molecule has 1 aromatic rings. The van der Waals surface area contributed by atoms with E-state index in [-0.39, 0.29) is 5.92 Å². The minimum atomic E-state index is -0.418. The third kappa shape index (κ3) is 4.43. The van der Waals surface area contributed by atoms with Crippen molar-refractivity contribution in [2.75, 3.05) is 6.54 Å². The predicted molar refractivity (Wildman–Crippen MR) is 78.4 cm³/mol. The van der Waals surface area contributed by atoms with Gasteiger partial charge in [-0.2, -0.15) is 0 Å². The molecule has 0 fully saturated rings. The Balaban J connectivity index is 2.72. The number of halogens is 2. The third-order valence-corrected chi connectivity index (χ3v) is 3.93. The number of hydrogen-bond donors (Lipinski definition) is 2. The Morgan fingerprint density at radius 3 is 2.50 bits per heavy atom. The molecule has 1 rings (SSSR count). The lowest BCUT2D eigenvalue weighted by Gasteiger charge is -2.22. The van der Waals surface area contributed by atoms with Crippen LogP contribution in [0, 0.1) is 0 Å². The number of rotatable bonds is 7. The number of aliphatic hydroxyl groups excluding tert-OH is 1. The molecule has 2 atom stereocenters. The Morgan fingerprint density at radius 2 is 1.94 bits per heavy atom. The Hall–Kier alpha value is -0.280. The topological polar surface area (TPSA) is 46.2 Å². The van der Waals surface area contributed by atoms with E-state index in [4.69, 9.17) is 28.9 Å². The normalized spacial score (nSPS) is 14.5. The molecule has 0 saturated heterocycles. The van der Waals surface area contributed by atoms with Crippen LogP contribution in [-0.4, -0.2) is 17.8 Å². The van der Waals surface area contributed by atoms with Gasteiger partial charge in [-0.25, -0.2) is 0 Å². The SMILES string of the molecule is CCCCCC(O)C(CN)c1ccc(Cl)c(Cl)c1. The van der Waals surface area contributed by atoms with Crippen molar-refractivity contribution in [1.29, 1.82) is 0 Å². The molecular formula is C14H21Cl2NO. The van der Waals surface area contributed by atoms with Gasteiger partial charge in [-0.15, -0.1) is 0 Å². The molecule has 0 aliphatic heterocycles. The first kappa shape index (κ1) is 15.8. The highest BCUT2D eigenvalue weighted by Gasteiger charge is 2.20. The molecule has 2 unspecified atom stereocenters. The second-order valence-electron chi connectivity index (χ2n) is 4.58. The highest BCUT2D eigenvalue weighted by atomic mass is 35.5. The third-order valence-electron chi connectivity index (χ3n) is 3.19. The van der Waals surface area contributed by atoms with E-state index in [1.165, 1.54) is 0 Å². The van der Waals surface area contributed by atoms with Crippen LogP contribution in [0.4, 0.5) is 0 Å². The Kier molecular flexibility index (Phi) is 7.02. The summed E-state index contributed by atoms with van der Waals surface area (Å²) >= 11 is 11.9. The quantitative estimate of drug-likeness (QED) is 0.746. The van der Waals surface area contributed by atoms with Crippen LogP contribution in [0.3, 0.4) is 0 Å². The minimum Gasteiger partial charge on any atom is -0.392 e. The number of nitrogens with two attached hydrogens (primary N) is 1. The first-order chi connectivity index (χ1) is 8.60. The van der Waals surface area contributed by atoms with Crippen molar-refractivity contribution in [3.63, 3.8) is 0 Å². The van der Waals surface area contributed by atoms with Gasteiger partial charge in [0.2, 0.25) is 0 Å². The van der Waals surface area contributed by atoms with Crippen LogP contribution in [0.5, 0.6) is 0 Å². The Morgan fingerprint density at radius 1 is 1.22 bits per heavy atom. The smallest absolute Gasteiger partial charge is 0.0620 e. The molecule has 2 nitrogen and oxygen atoms in total. The molecule has 0 aromatic heterocycles. The van der Waals surface area contributed by atoms with E-state index in [0.29, 0.717) is 16.6 Å². The largest absolute Gasteiger partial charge is 0.392 e. The molecule has 0 amide bonds. The minimum absolute atomic E-state index is 0.0726. The summed E-state index contributed by atoms with van der Waals surface area (Å²) in [4.78, 5) is 0. The lowest BCUT2D eigenvalue weighted by molar-refractivity contribution is 0.132. The van der Waals surface area contributed by atoms with Crippen molar-refractivity contribution >= 4 is 23.2 Å². The van der Waals surface area contributed by atoms with E-state index in [1.54, 1.807) is 12.1 Å². The van der Waals surface area contributed by atoms with Crippen molar-refractivity contribution in [3.8, 4) is 0 Å². The van der Waals surface area contributed by atoms with Gasteiger partial charge < -0.3 is 10.8 Å².